The van der Waals surface area contributed by atoms with E-state index in [-0.39, 0.29) is 35.4 Å². The van der Waals surface area contributed by atoms with Crippen LogP contribution in [-0.2, 0) is 32.6 Å². The zero-order chi connectivity index (χ0) is 29.7. The number of amides is 3. The van der Waals surface area contributed by atoms with E-state index in [1.54, 1.807) is 31.4 Å². The standard InChI is InChI=1S/C32H35N3O6S/c1-41-26-16-10-13-24(19-26)21-34(30(36)22-35-32(38)27-17-8-9-18-29(27)42(35,39)40)28(20-23-11-4-2-5-12-23)31(37)33-25-14-6-3-7-15-25/h2,4-5,8-13,16-19,25,28H,3,6-7,14-15,20-22H2,1H3,(H,33,37). The van der Waals surface area contributed by atoms with E-state index in [9.17, 15) is 22.8 Å². The lowest BCUT2D eigenvalue weighted by atomic mass is 9.94. The van der Waals surface area contributed by atoms with Gasteiger partial charge in [0.25, 0.3) is 15.9 Å². The SMILES string of the molecule is COc1cccc(CN(C(=O)CN2C(=O)c3ccccc3S2(=O)=O)C(Cc2ccccc2)C(=O)NC2CCCCC2)c1. The molecule has 0 spiro atoms. The zero-order valence-electron chi connectivity index (χ0n) is 23.6. The van der Waals surface area contributed by atoms with E-state index in [0.29, 0.717) is 15.6 Å². The van der Waals surface area contributed by atoms with Crippen molar-refractivity contribution in [1.29, 1.82) is 0 Å². The van der Waals surface area contributed by atoms with Gasteiger partial charge in [0.15, 0.2) is 0 Å². The molecule has 10 heteroatoms. The Kier molecular flexibility index (Phi) is 8.91. The number of methoxy groups -OCH3 is 1. The molecule has 1 unspecified atom stereocenters. The molecule has 5 rings (SSSR count). The Labute approximate surface area is 246 Å². The number of nitrogens with one attached hydrogen (secondary N) is 1. The Morgan fingerprint density at radius 1 is 0.952 bits per heavy atom. The molecule has 2 aliphatic rings. The predicted molar refractivity (Wildman–Crippen MR) is 157 cm³/mol. The number of rotatable bonds is 10. The molecule has 1 heterocycles. The first-order valence-corrected chi connectivity index (χ1v) is 15.6. The summed E-state index contributed by atoms with van der Waals surface area (Å²) in [5, 5.41) is 3.16. The highest BCUT2D eigenvalue weighted by Gasteiger charge is 2.43. The van der Waals surface area contributed by atoms with Crippen molar-refractivity contribution in [2.24, 2.45) is 0 Å². The molecule has 1 N–H and O–H groups in total. The molecule has 1 saturated carbocycles. The van der Waals surface area contributed by atoms with Gasteiger partial charge in [-0.3, -0.25) is 14.4 Å². The second-order valence-corrected chi connectivity index (χ2v) is 12.6. The summed E-state index contributed by atoms with van der Waals surface area (Å²) in [7, 11) is -2.68. The first-order valence-electron chi connectivity index (χ1n) is 14.2. The first-order chi connectivity index (χ1) is 20.3. The number of hydrogen-bond acceptors (Lipinski definition) is 6. The van der Waals surface area contributed by atoms with Crippen LogP contribution in [0.1, 0.15) is 53.6 Å². The molecule has 0 saturated heterocycles. The number of sulfonamides is 1. The number of ether oxygens (including phenoxy) is 1. The third-order valence-electron chi connectivity index (χ3n) is 7.90. The van der Waals surface area contributed by atoms with Crippen LogP contribution >= 0.6 is 0 Å². The predicted octanol–water partition coefficient (Wildman–Crippen LogP) is 3.93. The van der Waals surface area contributed by atoms with Crippen molar-refractivity contribution in [3.63, 3.8) is 0 Å². The Bertz CT molecular complexity index is 1550. The first kappa shape index (κ1) is 29.3. The number of fused-ring (bicyclic) bond motifs is 1. The van der Waals surface area contributed by atoms with Gasteiger partial charge in [-0.2, -0.15) is 0 Å². The third kappa shape index (κ3) is 6.33. The average molecular weight is 590 g/mol. The molecule has 1 atom stereocenters. The Hall–Kier alpha value is -4.18. The molecule has 0 bridgehead atoms. The summed E-state index contributed by atoms with van der Waals surface area (Å²) >= 11 is 0. The van der Waals surface area contributed by atoms with E-state index in [4.69, 9.17) is 4.74 Å². The van der Waals surface area contributed by atoms with Gasteiger partial charge in [-0.1, -0.05) is 73.9 Å². The van der Waals surface area contributed by atoms with Crippen LogP contribution < -0.4 is 10.1 Å². The number of carbonyl (C=O) groups excluding carboxylic acids is 3. The molecule has 1 fully saturated rings. The van der Waals surface area contributed by atoms with Crippen molar-refractivity contribution < 1.29 is 27.5 Å². The molecule has 42 heavy (non-hydrogen) atoms. The third-order valence-corrected chi connectivity index (χ3v) is 9.69. The van der Waals surface area contributed by atoms with E-state index < -0.39 is 34.4 Å². The van der Waals surface area contributed by atoms with Crippen LogP contribution in [-0.4, -0.2) is 61.1 Å². The Morgan fingerprint density at radius 2 is 1.64 bits per heavy atom. The molecule has 3 aromatic rings. The lowest BCUT2D eigenvalue weighted by molar-refractivity contribution is -0.141. The van der Waals surface area contributed by atoms with Crippen molar-refractivity contribution >= 4 is 27.7 Å². The average Bonchev–Trinajstić information content (AvgIpc) is 3.20. The van der Waals surface area contributed by atoms with Crippen molar-refractivity contribution in [2.45, 2.75) is 62.0 Å². The summed E-state index contributed by atoms with van der Waals surface area (Å²) in [4.78, 5) is 42.5. The van der Waals surface area contributed by atoms with Gasteiger partial charge >= 0.3 is 0 Å². The minimum atomic E-state index is -4.22. The molecule has 220 valence electrons. The lowest BCUT2D eigenvalue weighted by Crippen LogP contribution is -2.55. The van der Waals surface area contributed by atoms with E-state index >= 15 is 0 Å². The number of benzene rings is 3. The van der Waals surface area contributed by atoms with Gasteiger partial charge in [0, 0.05) is 19.0 Å². The van der Waals surface area contributed by atoms with Gasteiger partial charge in [-0.15, -0.1) is 0 Å². The van der Waals surface area contributed by atoms with Crippen LogP contribution in [0.5, 0.6) is 5.75 Å². The number of nitrogens with zero attached hydrogens (tertiary/aromatic N) is 2. The van der Waals surface area contributed by atoms with Crippen LogP contribution in [0.25, 0.3) is 0 Å². The monoisotopic (exact) mass is 589 g/mol. The van der Waals surface area contributed by atoms with Gasteiger partial charge in [-0.05, 0) is 48.2 Å². The summed E-state index contributed by atoms with van der Waals surface area (Å²) in [6, 6.07) is 21.5. The minimum absolute atomic E-state index is 0.00771. The fourth-order valence-corrected chi connectivity index (χ4v) is 7.18. The highest BCUT2D eigenvalue weighted by atomic mass is 32.2. The van der Waals surface area contributed by atoms with Crippen molar-refractivity contribution in [2.75, 3.05) is 13.7 Å². The van der Waals surface area contributed by atoms with Gasteiger partial charge in [0.05, 0.1) is 12.7 Å². The zero-order valence-corrected chi connectivity index (χ0v) is 24.4. The highest BCUT2D eigenvalue weighted by molar-refractivity contribution is 7.90. The second-order valence-electron chi connectivity index (χ2n) is 10.7. The Morgan fingerprint density at radius 3 is 2.36 bits per heavy atom. The number of hydrogen-bond donors (Lipinski definition) is 1. The molecule has 1 aliphatic heterocycles. The molecular formula is C32H35N3O6S. The summed E-state index contributed by atoms with van der Waals surface area (Å²) in [6.07, 6.45) is 5.13. The fraction of sp³-hybridized carbons (Fsp3) is 0.344. The normalized spacial score (nSPS) is 16.9. The van der Waals surface area contributed by atoms with Crippen LogP contribution in [0.2, 0.25) is 0 Å². The fourth-order valence-electron chi connectivity index (χ4n) is 5.67. The van der Waals surface area contributed by atoms with Crippen LogP contribution in [0, 0.1) is 0 Å². The van der Waals surface area contributed by atoms with Gasteiger partial charge in [-0.25, -0.2) is 12.7 Å². The maximum atomic E-state index is 14.1. The van der Waals surface area contributed by atoms with Crippen LogP contribution in [0.3, 0.4) is 0 Å². The maximum Gasteiger partial charge on any atom is 0.269 e. The van der Waals surface area contributed by atoms with E-state index in [0.717, 1.165) is 37.7 Å². The maximum absolute atomic E-state index is 14.1. The van der Waals surface area contributed by atoms with E-state index in [1.165, 1.54) is 23.1 Å². The van der Waals surface area contributed by atoms with Gasteiger partial charge in [0.2, 0.25) is 11.8 Å². The van der Waals surface area contributed by atoms with Crippen LogP contribution in [0.4, 0.5) is 0 Å². The quantitative estimate of drug-likeness (QED) is 0.384. The topological polar surface area (TPSA) is 113 Å². The molecule has 9 nitrogen and oxygen atoms in total. The lowest BCUT2D eigenvalue weighted by Gasteiger charge is -2.34. The van der Waals surface area contributed by atoms with Crippen LogP contribution in [0.15, 0.2) is 83.8 Å². The summed E-state index contributed by atoms with van der Waals surface area (Å²) in [5.41, 5.74) is 1.58. The Balaban J connectivity index is 1.50. The largest absolute Gasteiger partial charge is 0.497 e. The van der Waals surface area contributed by atoms with E-state index in [2.05, 4.69) is 5.32 Å². The van der Waals surface area contributed by atoms with Crippen molar-refractivity contribution in [3.05, 3.63) is 95.6 Å². The molecule has 3 aromatic carbocycles. The van der Waals surface area contributed by atoms with Gasteiger partial charge in [0.1, 0.15) is 23.2 Å². The minimum Gasteiger partial charge on any atom is -0.497 e. The second kappa shape index (κ2) is 12.8. The number of carbonyl (C=O) groups is 3. The molecule has 1 aliphatic carbocycles. The van der Waals surface area contributed by atoms with Crippen molar-refractivity contribution in [1.82, 2.24) is 14.5 Å². The summed E-state index contributed by atoms with van der Waals surface area (Å²) in [6.45, 7) is -0.706. The molecule has 0 aromatic heterocycles. The van der Waals surface area contributed by atoms with Gasteiger partial charge < -0.3 is 15.0 Å². The van der Waals surface area contributed by atoms with E-state index in [1.807, 2.05) is 36.4 Å². The van der Waals surface area contributed by atoms with Crippen molar-refractivity contribution in [3.8, 4) is 5.75 Å². The molecule has 0 radical (unpaired) electrons. The molecular weight excluding hydrogens is 554 g/mol. The smallest absolute Gasteiger partial charge is 0.269 e. The summed E-state index contributed by atoms with van der Waals surface area (Å²) < 4.78 is 32.6. The summed E-state index contributed by atoms with van der Waals surface area (Å²) in [5.74, 6) is -1.13. The highest BCUT2D eigenvalue weighted by Crippen LogP contribution is 2.30. The molecule has 3 amide bonds.